The summed E-state index contributed by atoms with van der Waals surface area (Å²) >= 11 is 0. The zero-order valence-electron chi connectivity index (χ0n) is 10.4. The van der Waals surface area contributed by atoms with Gasteiger partial charge in [-0.15, -0.1) is 0 Å². The van der Waals surface area contributed by atoms with E-state index in [1.54, 1.807) is 0 Å². The molecule has 17 heavy (non-hydrogen) atoms. The number of ether oxygens (including phenoxy) is 1. The first-order valence-electron chi connectivity index (χ1n) is 6.57. The van der Waals surface area contributed by atoms with Crippen LogP contribution in [0, 0.1) is 0 Å². The van der Waals surface area contributed by atoms with E-state index in [9.17, 15) is 4.79 Å². The fourth-order valence-electron chi connectivity index (χ4n) is 2.54. The van der Waals surface area contributed by atoms with Crippen LogP contribution in [0.3, 0.4) is 0 Å². The Kier molecular flexibility index (Phi) is 4.18. The Bertz CT molecular complexity index is 384. The minimum atomic E-state index is 0.0558. The van der Waals surface area contributed by atoms with Gasteiger partial charge in [-0.3, -0.25) is 4.79 Å². The van der Waals surface area contributed by atoms with Gasteiger partial charge >= 0.3 is 0 Å². The molecule has 0 spiro atoms. The van der Waals surface area contributed by atoms with Crippen LogP contribution in [-0.4, -0.2) is 12.4 Å². The van der Waals surface area contributed by atoms with E-state index in [1.165, 1.54) is 6.42 Å². The van der Waals surface area contributed by atoms with Crippen molar-refractivity contribution in [2.24, 2.45) is 0 Å². The van der Waals surface area contributed by atoms with Crippen molar-refractivity contribution in [1.29, 1.82) is 0 Å². The number of rotatable bonds is 3. The fraction of sp³-hybridized carbons (Fsp3) is 0.533. The molecule has 1 aromatic carbocycles. The van der Waals surface area contributed by atoms with Crippen molar-refractivity contribution in [2.45, 2.75) is 44.9 Å². The molecule has 2 nitrogen and oxygen atoms in total. The summed E-state index contributed by atoms with van der Waals surface area (Å²) in [7, 11) is 0. The van der Waals surface area contributed by atoms with Gasteiger partial charge in [0, 0.05) is 17.9 Å². The summed E-state index contributed by atoms with van der Waals surface area (Å²) in [6, 6.07) is 7.97. The largest absolute Gasteiger partial charge is 0.494 e. The maximum Gasteiger partial charge on any atom is 0.140 e. The Morgan fingerprint density at radius 3 is 2.88 bits per heavy atom. The molecular weight excluding hydrogens is 212 g/mol. The van der Waals surface area contributed by atoms with Gasteiger partial charge in [0.15, 0.2) is 0 Å². The Morgan fingerprint density at radius 2 is 2.06 bits per heavy atom. The third-order valence-electron chi connectivity index (χ3n) is 3.40. The highest BCUT2D eigenvalue weighted by atomic mass is 16.5. The molecule has 1 aliphatic carbocycles. The molecule has 92 valence electrons. The van der Waals surface area contributed by atoms with Crippen molar-refractivity contribution in [3.8, 4) is 5.75 Å². The van der Waals surface area contributed by atoms with Crippen molar-refractivity contribution in [2.75, 3.05) is 6.61 Å². The van der Waals surface area contributed by atoms with Crippen LogP contribution in [0.15, 0.2) is 24.3 Å². The van der Waals surface area contributed by atoms with Gasteiger partial charge in [0.1, 0.15) is 11.5 Å². The van der Waals surface area contributed by atoms with Crippen molar-refractivity contribution < 1.29 is 9.53 Å². The van der Waals surface area contributed by atoms with Crippen molar-refractivity contribution in [1.82, 2.24) is 0 Å². The van der Waals surface area contributed by atoms with E-state index < -0.39 is 0 Å². The lowest BCUT2D eigenvalue weighted by atomic mass is 9.90. The number of para-hydroxylation sites is 1. The Labute approximate surface area is 103 Å². The summed E-state index contributed by atoms with van der Waals surface area (Å²) in [5.41, 5.74) is 1.08. The molecule has 2 rings (SSSR count). The molecule has 0 bridgehead atoms. The van der Waals surface area contributed by atoms with Gasteiger partial charge in [0.25, 0.3) is 0 Å². The summed E-state index contributed by atoms with van der Waals surface area (Å²) in [6.45, 7) is 2.63. The summed E-state index contributed by atoms with van der Waals surface area (Å²) in [4.78, 5) is 12.1. The van der Waals surface area contributed by atoms with Crippen LogP contribution in [0.4, 0.5) is 0 Å². The highest BCUT2D eigenvalue weighted by Crippen LogP contribution is 2.34. The average molecular weight is 232 g/mol. The summed E-state index contributed by atoms with van der Waals surface area (Å²) < 4.78 is 5.63. The highest BCUT2D eigenvalue weighted by molar-refractivity contribution is 5.86. The molecule has 0 radical (unpaired) electrons. The Morgan fingerprint density at radius 1 is 1.24 bits per heavy atom. The molecule has 1 saturated carbocycles. The molecule has 0 aliphatic heterocycles. The normalized spacial score (nSPS) is 21.0. The van der Waals surface area contributed by atoms with Crippen LogP contribution >= 0.6 is 0 Å². The minimum absolute atomic E-state index is 0.0558. The number of ketones is 1. The molecule has 0 aromatic heterocycles. The van der Waals surface area contributed by atoms with Gasteiger partial charge in [0.05, 0.1) is 6.61 Å². The van der Waals surface area contributed by atoms with Gasteiger partial charge in [-0.1, -0.05) is 31.0 Å². The lowest BCUT2D eigenvalue weighted by molar-refractivity contribution is -0.120. The number of carbonyl (C=O) groups excluding carboxylic acids is 1. The van der Waals surface area contributed by atoms with E-state index in [4.69, 9.17) is 4.74 Å². The minimum Gasteiger partial charge on any atom is -0.494 e. The smallest absolute Gasteiger partial charge is 0.140 e. The predicted octanol–water partition coefficient (Wildman–Crippen LogP) is 3.70. The van der Waals surface area contributed by atoms with Crippen LogP contribution in [0.25, 0.3) is 0 Å². The first-order valence-corrected chi connectivity index (χ1v) is 6.57. The highest BCUT2D eigenvalue weighted by Gasteiger charge is 2.24. The molecule has 0 saturated heterocycles. The second-order valence-electron chi connectivity index (χ2n) is 4.59. The standard InChI is InChI=1S/C15H20O2/c1-2-17-15-11-7-6-9-13(15)12-8-4-3-5-10-14(12)16/h6-7,9,11-12H,2-5,8,10H2,1H3. The lowest BCUT2D eigenvalue weighted by Gasteiger charge is -2.17. The second-order valence-corrected chi connectivity index (χ2v) is 4.59. The predicted molar refractivity (Wildman–Crippen MR) is 68.4 cm³/mol. The van der Waals surface area contributed by atoms with Crippen LogP contribution < -0.4 is 4.74 Å². The van der Waals surface area contributed by atoms with Gasteiger partial charge < -0.3 is 4.74 Å². The monoisotopic (exact) mass is 232 g/mol. The van der Waals surface area contributed by atoms with E-state index in [-0.39, 0.29) is 5.92 Å². The SMILES string of the molecule is CCOc1ccccc1C1CCCCCC1=O. The number of hydrogen-bond acceptors (Lipinski definition) is 2. The van der Waals surface area contributed by atoms with Crippen LogP contribution in [0.1, 0.15) is 50.5 Å². The molecule has 1 atom stereocenters. The molecule has 1 fully saturated rings. The van der Waals surface area contributed by atoms with Gasteiger partial charge in [-0.2, -0.15) is 0 Å². The van der Waals surface area contributed by atoms with E-state index in [0.29, 0.717) is 12.4 Å². The maximum atomic E-state index is 12.1. The number of Topliss-reactive ketones (excluding diaryl/α,β-unsaturated/α-hetero) is 1. The first kappa shape index (κ1) is 12.2. The third kappa shape index (κ3) is 2.87. The van der Waals surface area contributed by atoms with E-state index in [1.807, 2.05) is 31.2 Å². The maximum absolute atomic E-state index is 12.1. The molecular formula is C15H20O2. The van der Waals surface area contributed by atoms with Crippen LogP contribution in [0.5, 0.6) is 5.75 Å². The average Bonchev–Trinajstić information content (AvgIpc) is 2.55. The third-order valence-corrected chi connectivity index (χ3v) is 3.40. The number of hydrogen-bond donors (Lipinski definition) is 0. The summed E-state index contributed by atoms with van der Waals surface area (Å²) in [5, 5.41) is 0. The molecule has 1 unspecified atom stereocenters. The lowest BCUT2D eigenvalue weighted by Crippen LogP contribution is -2.12. The second kappa shape index (κ2) is 5.85. The zero-order valence-corrected chi connectivity index (χ0v) is 10.4. The topological polar surface area (TPSA) is 26.3 Å². The zero-order chi connectivity index (χ0) is 12.1. The van der Waals surface area contributed by atoms with Gasteiger partial charge in [-0.05, 0) is 25.8 Å². The molecule has 0 heterocycles. The number of carbonyl (C=O) groups is 1. The molecule has 2 heteroatoms. The first-order chi connectivity index (χ1) is 8.33. The Hall–Kier alpha value is -1.31. The molecule has 1 aliphatic rings. The number of benzene rings is 1. The Balaban J connectivity index is 2.27. The van der Waals surface area contributed by atoms with Crippen molar-refractivity contribution in [3.63, 3.8) is 0 Å². The van der Waals surface area contributed by atoms with E-state index in [2.05, 4.69) is 0 Å². The molecule has 0 N–H and O–H groups in total. The summed E-state index contributed by atoms with van der Waals surface area (Å²) in [6.07, 6.45) is 5.08. The quantitative estimate of drug-likeness (QED) is 0.743. The van der Waals surface area contributed by atoms with Gasteiger partial charge in [-0.25, -0.2) is 0 Å². The van der Waals surface area contributed by atoms with Crippen molar-refractivity contribution in [3.05, 3.63) is 29.8 Å². The van der Waals surface area contributed by atoms with Gasteiger partial charge in [0.2, 0.25) is 0 Å². The summed E-state index contributed by atoms with van der Waals surface area (Å²) in [5.74, 6) is 1.32. The van der Waals surface area contributed by atoms with Crippen LogP contribution in [0.2, 0.25) is 0 Å². The molecule has 1 aromatic rings. The molecule has 0 amide bonds. The van der Waals surface area contributed by atoms with Crippen LogP contribution in [-0.2, 0) is 4.79 Å². The van der Waals surface area contributed by atoms with E-state index >= 15 is 0 Å². The fourth-order valence-corrected chi connectivity index (χ4v) is 2.54. The van der Waals surface area contributed by atoms with E-state index in [0.717, 1.165) is 37.0 Å². The van der Waals surface area contributed by atoms with Crippen molar-refractivity contribution >= 4 is 5.78 Å².